The van der Waals surface area contributed by atoms with Crippen LogP contribution in [0.15, 0.2) is 85.1 Å². The Morgan fingerprint density at radius 1 is 0.704 bits per heavy atom. The summed E-state index contributed by atoms with van der Waals surface area (Å²) >= 11 is 0. The second-order valence-corrected chi connectivity index (χ2v) is 19.6. The largest absolute Gasteiger partial charge is 0.462 e. The lowest BCUT2D eigenvalue weighted by Crippen LogP contribution is -2.62. The quantitative estimate of drug-likeness (QED) is 0.149. The monoisotopic (exact) mass is 1010 g/mol. The van der Waals surface area contributed by atoms with Gasteiger partial charge in [-0.15, -0.1) is 0 Å². The van der Waals surface area contributed by atoms with Gasteiger partial charge in [-0.1, -0.05) is 98.9 Å². The first kappa shape index (κ1) is 61.8. The number of carbonyl (C=O) groups excluding carboxylic acids is 2. The van der Waals surface area contributed by atoms with E-state index in [1.165, 1.54) is 19.9 Å². The molecule has 3 aliphatic heterocycles. The number of rotatable bonds is 6. The number of allylic oxidation sites excluding steroid dienone is 12. The number of ether oxygens (including phenoxy) is 4. The van der Waals surface area contributed by atoms with Gasteiger partial charge in [-0.2, -0.15) is 0 Å². The molecule has 1 amide bonds. The molecule has 19 atom stereocenters. The van der Waals surface area contributed by atoms with Gasteiger partial charge in [-0.3, -0.25) is 9.59 Å². The first-order valence-electron chi connectivity index (χ1n) is 24.4. The minimum atomic E-state index is -2.40. The number of aliphatic hydroxyl groups is 12. The molecule has 71 heavy (non-hydrogen) atoms. The Balaban J connectivity index is 1.96. The van der Waals surface area contributed by atoms with Crippen molar-refractivity contribution >= 4 is 11.9 Å². The van der Waals surface area contributed by atoms with E-state index in [0.717, 1.165) is 0 Å². The maximum atomic E-state index is 13.9. The highest BCUT2D eigenvalue weighted by Gasteiger charge is 2.52. The number of esters is 1. The molecule has 0 aromatic carbocycles. The predicted octanol–water partition coefficient (Wildman–Crippen LogP) is -0.513. The van der Waals surface area contributed by atoms with Gasteiger partial charge < -0.3 is 91.3 Å². The van der Waals surface area contributed by atoms with Crippen LogP contribution >= 0.6 is 0 Å². The maximum Gasteiger partial charge on any atom is 0.308 e. The first-order valence-corrected chi connectivity index (χ1v) is 24.4. The molecule has 0 unspecified atom stereocenters. The third-order valence-electron chi connectivity index (χ3n) is 13.2. The summed E-state index contributed by atoms with van der Waals surface area (Å²) in [7, 11) is 0. The van der Waals surface area contributed by atoms with E-state index >= 15 is 0 Å². The average molecular weight is 1010 g/mol. The van der Waals surface area contributed by atoms with Crippen molar-refractivity contribution in [2.24, 2.45) is 23.5 Å². The molecule has 0 aromatic rings. The minimum absolute atomic E-state index is 0.159. The van der Waals surface area contributed by atoms with Gasteiger partial charge in [0.15, 0.2) is 12.1 Å². The highest BCUT2D eigenvalue weighted by molar-refractivity contribution is 5.81. The number of aliphatic hydroxyl groups excluding tert-OH is 11. The molecule has 0 radical (unpaired) electrons. The summed E-state index contributed by atoms with van der Waals surface area (Å²) in [4.78, 5) is 26.6. The number of fused-ring (bicyclic) bond motifs is 2. The van der Waals surface area contributed by atoms with E-state index in [2.05, 4.69) is 5.32 Å². The number of nitrogens with two attached hydrogens (primary N) is 1. The van der Waals surface area contributed by atoms with Gasteiger partial charge in [0, 0.05) is 31.1 Å². The summed E-state index contributed by atoms with van der Waals surface area (Å²) in [5, 5.41) is 132. The minimum Gasteiger partial charge on any atom is -0.462 e. The number of nitrogens with one attached hydrogen (secondary N) is 1. The number of cyclic esters (lactones) is 1. The average Bonchev–Trinajstić information content (AvgIpc) is 3.30. The van der Waals surface area contributed by atoms with Crippen molar-refractivity contribution in [2.45, 2.75) is 189 Å². The summed E-state index contributed by atoms with van der Waals surface area (Å²) < 4.78 is 23.6. The highest BCUT2D eigenvalue weighted by atomic mass is 16.7. The lowest BCUT2D eigenvalue weighted by atomic mass is 9.81. The number of hydrogen-bond acceptors (Lipinski definition) is 19. The summed E-state index contributed by atoms with van der Waals surface area (Å²) in [5.74, 6) is -6.28. The van der Waals surface area contributed by atoms with E-state index in [4.69, 9.17) is 24.7 Å². The van der Waals surface area contributed by atoms with E-state index < -0.39 is 159 Å². The summed E-state index contributed by atoms with van der Waals surface area (Å²) in [6, 6.07) is -1.18. The molecule has 2 fully saturated rings. The van der Waals surface area contributed by atoms with Crippen LogP contribution in [0.1, 0.15) is 86.0 Å². The van der Waals surface area contributed by atoms with Gasteiger partial charge in [0.2, 0.25) is 5.91 Å². The molecule has 3 rings (SSSR count). The molecule has 404 valence electrons. The zero-order valence-corrected chi connectivity index (χ0v) is 41.4. The molecule has 3 aliphatic rings. The zero-order chi connectivity index (χ0) is 53.1. The van der Waals surface area contributed by atoms with Crippen LogP contribution in [0.2, 0.25) is 0 Å². The molecule has 20 nitrogen and oxygen atoms in total. The normalized spacial score (nSPS) is 42.9. The van der Waals surface area contributed by atoms with Crippen molar-refractivity contribution in [3.63, 3.8) is 0 Å². The standard InChI is InChI=1S/C51H82N2O18/c1-30-18-16-14-12-10-8-6-7-9-11-13-15-17-19-37(70-49-47(65)44(52)46(64)33(4)69-49)25-41-43(48(66)53-50(5,28-54)29-55)40(61)27-51(67,71-41)26-39(60)38(59)21-20-34(56)22-35(57)23-36(58)24-42(62)68-32(3)31(2)45(30)63/h6-19,30-41,43-47,49,54-61,63-65,67H,20-29,52H2,1-5H3,(H,53,66)/b7-6-,10-8-,11-9-,14-12-,15-13-,18-16-,19-17+/t30-,31-,32-,33-,34+,35+,36+,37-,38+,39+,40-,41-,43+,44+,45+,46-,47+,49+,51+/m0/s1. The molecule has 0 aliphatic carbocycles. The Bertz CT molecular complexity index is 1820. The van der Waals surface area contributed by atoms with Crippen LogP contribution in [0.25, 0.3) is 0 Å². The van der Waals surface area contributed by atoms with Crippen molar-refractivity contribution in [3.05, 3.63) is 85.1 Å². The van der Waals surface area contributed by atoms with E-state index in [-0.39, 0.29) is 38.0 Å². The topological polar surface area (TPSA) is 352 Å². The molecular weight excluding hydrogens is 929 g/mol. The Hall–Kier alpha value is -3.52. The second kappa shape index (κ2) is 30.0. The van der Waals surface area contributed by atoms with E-state index in [0.29, 0.717) is 0 Å². The first-order chi connectivity index (χ1) is 33.4. The van der Waals surface area contributed by atoms with Gasteiger partial charge in [-0.25, -0.2) is 0 Å². The third kappa shape index (κ3) is 20.4. The third-order valence-corrected chi connectivity index (χ3v) is 13.2. The molecule has 0 aromatic heterocycles. The Morgan fingerprint density at radius 3 is 1.82 bits per heavy atom. The summed E-state index contributed by atoms with van der Waals surface area (Å²) in [6.07, 6.45) is 3.12. The van der Waals surface area contributed by atoms with Crippen molar-refractivity contribution in [2.75, 3.05) is 13.2 Å². The van der Waals surface area contributed by atoms with Gasteiger partial charge in [0.05, 0.1) is 104 Å². The van der Waals surface area contributed by atoms with Crippen LogP contribution in [-0.2, 0) is 28.5 Å². The summed E-state index contributed by atoms with van der Waals surface area (Å²) in [6.45, 7) is 6.72. The zero-order valence-electron chi connectivity index (χ0n) is 41.4. The number of carbonyl (C=O) groups is 2. The molecule has 2 bridgehead atoms. The van der Waals surface area contributed by atoms with Crippen molar-refractivity contribution in [3.8, 4) is 0 Å². The molecule has 0 spiro atoms. The lowest BCUT2D eigenvalue weighted by molar-refractivity contribution is -0.308. The van der Waals surface area contributed by atoms with E-state index in [9.17, 15) is 70.9 Å². The predicted molar refractivity (Wildman–Crippen MR) is 260 cm³/mol. The van der Waals surface area contributed by atoms with Crippen molar-refractivity contribution in [1.82, 2.24) is 5.32 Å². The van der Waals surface area contributed by atoms with Gasteiger partial charge in [0.25, 0.3) is 0 Å². The van der Waals surface area contributed by atoms with Gasteiger partial charge >= 0.3 is 5.97 Å². The molecule has 3 heterocycles. The SMILES string of the molecule is C[C@@H]1[C@H](O)[C@@H](C)\C=C/C=C\C=C/C=C\C=C/C=C\C=C\[C@H](O[C@H]2O[C@@H](C)[C@H](O)[C@@H](N)[C@H]2O)C[C@@H]2O[C@](O)(C[C@@H](O)[C@H](O)CC[C@@H](O)C[C@@H](O)C[C@@H](O)CC(=O)O[C@H]1C)C[C@H](O)[C@H]2C(=O)NC(C)(CO)CO. The van der Waals surface area contributed by atoms with Gasteiger partial charge in [0.1, 0.15) is 12.2 Å². The van der Waals surface area contributed by atoms with Crippen LogP contribution in [0.3, 0.4) is 0 Å². The smallest absolute Gasteiger partial charge is 0.308 e. The Morgan fingerprint density at radius 2 is 1.24 bits per heavy atom. The fourth-order valence-corrected chi connectivity index (χ4v) is 8.48. The molecule has 0 saturated carbocycles. The van der Waals surface area contributed by atoms with Crippen LogP contribution in [0.5, 0.6) is 0 Å². The Labute approximate surface area is 416 Å². The van der Waals surface area contributed by atoms with Crippen LogP contribution < -0.4 is 11.1 Å². The molecule has 20 heteroatoms. The van der Waals surface area contributed by atoms with Crippen molar-refractivity contribution < 1.29 is 89.8 Å². The number of amides is 1. The van der Waals surface area contributed by atoms with Gasteiger partial charge in [-0.05, 0) is 46.5 Å². The maximum absolute atomic E-state index is 13.9. The second-order valence-electron chi connectivity index (χ2n) is 19.6. The van der Waals surface area contributed by atoms with Crippen molar-refractivity contribution in [1.29, 1.82) is 0 Å². The van der Waals surface area contributed by atoms with Crippen LogP contribution in [0, 0.1) is 17.8 Å². The van der Waals surface area contributed by atoms with Crippen LogP contribution in [-0.4, -0.2) is 189 Å². The fraction of sp³-hybridized carbons (Fsp3) is 0.686. The van der Waals surface area contributed by atoms with E-state index in [1.807, 2.05) is 13.0 Å². The molecular formula is C51H82N2O18. The highest BCUT2D eigenvalue weighted by Crippen LogP contribution is 2.38. The molecule has 15 N–H and O–H groups in total. The van der Waals surface area contributed by atoms with E-state index in [1.54, 1.807) is 86.8 Å². The van der Waals surface area contributed by atoms with Crippen LogP contribution in [0.4, 0.5) is 0 Å². The lowest BCUT2D eigenvalue weighted by Gasteiger charge is -2.46. The fourth-order valence-electron chi connectivity index (χ4n) is 8.48. The Kier molecular flexibility index (Phi) is 26.1. The number of hydrogen-bond donors (Lipinski definition) is 14. The molecule has 2 saturated heterocycles. The summed E-state index contributed by atoms with van der Waals surface area (Å²) in [5.41, 5.74) is 4.54.